The lowest BCUT2D eigenvalue weighted by molar-refractivity contribution is 0.102. The van der Waals surface area contributed by atoms with Crippen molar-refractivity contribution >= 4 is 23.3 Å². The lowest BCUT2D eigenvalue weighted by atomic mass is 10.2. The maximum absolute atomic E-state index is 11.8. The van der Waals surface area contributed by atoms with Crippen molar-refractivity contribution in [3.05, 3.63) is 47.1 Å². The molecule has 1 heterocycles. The summed E-state index contributed by atoms with van der Waals surface area (Å²) >= 11 is 5.84. The zero-order chi connectivity index (χ0) is 13.1. The Labute approximate surface area is 108 Å². The number of aromatic nitrogens is 1. The number of benzene rings is 1. The van der Waals surface area contributed by atoms with Crippen molar-refractivity contribution in [2.24, 2.45) is 0 Å². The second kappa shape index (κ2) is 4.93. The number of nitrogens with zero attached hydrogens (tertiary/aromatic N) is 1. The number of anilines is 1. The minimum absolute atomic E-state index is 0.0227. The molecule has 0 aliphatic rings. The van der Waals surface area contributed by atoms with E-state index >= 15 is 0 Å². The Kier molecular flexibility index (Phi) is 3.34. The van der Waals surface area contributed by atoms with E-state index in [2.05, 4.69) is 10.3 Å². The lowest BCUT2D eigenvalue weighted by Gasteiger charge is -2.07. The van der Waals surface area contributed by atoms with E-state index in [4.69, 9.17) is 16.7 Å². The average molecular weight is 265 g/mol. The van der Waals surface area contributed by atoms with E-state index in [-0.39, 0.29) is 22.9 Å². The third-order valence-electron chi connectivity index (χ3n) is 2.22. The fourth-order valence-corrected chi connectivity index (χ4v) is 1.53. The number of pyridine rings is 1. The molecule has 0 saturated carbocycles. The molecule has 0 aliphatic heterocycles. The number of aromatic hydroxyl groups is 2. The number of rotatable bonds is 2. The summed E-state index contributed by atoms with van der Waals surface area (Å²) in [6, 6.07) is 6.90. The highest BCUT2D eigenvalue weighted by molar-refractivity contribution is 6.33. The summed E-state index contributed by atoms with van der Waals surface area (Å²) in [5.41, 5.74) is 0.0227. The minimum atomic E-state index is -0.562. The summed E-state index contributed by atoms with van der Waals surface area (Å²) in [5, 5.41) is 21.4. The molecule has 6 heteroatoms. The monoisotopic (exact) mass is 264 g/mol. The molecule has 0 radical (unpaired) electrons. The Hall–Kier alpha value is -2.27. The van der Waals surface area contributed by atoms with Crippen LogP contribution in [-0.4, -0.2) is 21.1 Å². The highest BCUT2D eigenvalue weighted by Gasteiger charge is 2.13. The fourth-order valence-electron chi connectivity index (χ4n) is 1.36. The highest BCUT2D eigenvalue weighted by atomic mass is 35.5. The molecule has 5 nitrogen and oxygen atoms in total. The number of phenols is 2. The first-order valence-electron chi connectivity index (χ1n) is 5.02. The van der Waals surface area contributed by atoms with E-state index in [1.54, 1.807) is 12.1 Å². The molecule has 0 aliphatic carbocycles. The number of nitrogens with one attached hydrogen (secondary N) is 1. The van der Waals surface area contributed by atoms with Crippen LogP contribution in [0.25, 0.3) is 0 Å². The van der Waals surface area contributed by atoms with Crippen molar-refractivity contribution in [2.45, 2.75) is 0 Å². The molecule has 2 rings (SSSR count). The van der Waals surface area contributed by atoms with Crippen LogP contribution in [-0.2, 0) is 0 Å². The Morgan fingerprint density at radius 2 is 2.06 bits per heavy atom. The molecule has 1 aromatic carbocycles. The van der Waals surface area contributed by atoms with Crippen LogP contribution in [0.4, 0.5) is 5.82 Å². The Balaban J connectivity index is 2.25. The van der Waals surface area contributed by atoms with Crippen LogP contribution >= 0.6 is 11.6 Å². The van der Waals surface area contributed by atoms with Gasteiger partial charge < -0.3 is 15.5 Å². The number of hydrogen-bond donors (Lipinski definition) is 3. The third kappa shape index (κ3) is 2.52. The lowest BCUT2D eigenvalue weighted by Crippen LogP contribution is -2.13. The number of halogens is 1. The van der Waals surface area contributed by atoms with Gasteiger partial charge >= 0.3 is 0 Å². The molecule has 1 amide bonds. The van der Waals surface area contributed by atoms with Gasteiger partial charge in [0.2, 0.25) is 0 Å². The van der Waals surface area contributed by atoms with E-state index in [1.807, 2.05) is 0 Å². The first kappa shape index (κ1) is 12.2. The first-order valence-corrected chi connectivity index (χ1v) is 5.39. The van der Waals surface area contributed by atoms with Gasteiger partial charge in [0, 0.05) is 12.3 Å². The Morgan fingerprint density at radius 3 is 2.72 bits per heavy atom. The van der Waals surface area contributed by atoms with Crippen molar-refractivity contribution in [3.63, 3.8) is 0 Å². The third-order valence-corrected chi connectivity index (χ3v) is 2.52. The molecule has 3 N–H and O–H groups in total. The van der Waals surface area contributed by atoms with Gasteiger partial charge in [-0.15, -0.1) is 0 Å². The van der Waals surface area contributed by atoms with Gasteiger partial charge in [0.25, 0.3) is 5.91 Å². The fraction of sp³-hybridized carbons (Fsp3) is 0. The van der Waals surface area contributed by atoms with Gasteiger partial charge in [-0.25, -0.2) is 4.98 Å². The predicted molar refractivity (Wildman–Crippen MR) is 67.0 cm³/mol. The molecule has 0 saturated heterocycles. The smallest absolute Gasteiger partial charge is 0.260 e. The molecular formula is C12H9ClN2O3. The molecule has 0 fully saturated rings. The van der Waals surface area contributed by atoms with E-state index in [0.717, 1.165) is 6.07 Å². The quantitative estimate of drug-likeness (QED) is 0.778. The van der Waals surface area contributed by atoms with Gasteiger partial charge in [0.15, 0.2) is 5.82 Å². The molecule has 0 unspecified atom stereocenters. The van der Waals surface area contributed by atoms with Gasteiger partial charge in [0.05, 0.1) is 10.6 Å². The number of hydrogen-bond acceptors (Lipinski definition) is 4. The molecule has 1 aromatic heterocycles. The van der Waals surface area contributed by atoms with E-state index in [1.165, 1.54) is 18.3 Å². The molecule has 0 atom stereocenters. The van der Waals surface area contributed by atoms with E-state index in [9.17, 15) is 9.90 Å². The summed E-state index contributed by atoms with van der Waals surface area (Å²) in [4.78, 5) is 15.7. The zero-order valence-electron chi connectivity index (χ0n) is 9.09. The number of phenolic OH excluding ortho intramolecular Hbond substituents is 2. The molecule has 92 valence electrons. The maximum Gasteiger partial charge on any atom is 0.260 e. The summed E-state index contributed by atoms with van der Waals surface area (Å²) in [5.74, 6) is -0.802. The number of carbonyl (C=O) groups excluding carboxylic acids is 1. The second-order valence-electron chi connectivity index (χ2n) is 3.49. The Bertz CT molecular complexity index is 602. The Morgan fingerprint density at radius 1 is 1.28 bits per heavy atom. The SMILES string of the molecule is O=C(Nc1ncccc1Cl)c1ccc(O)cc1O. The maximum atomic E-state index is 11.8. The first-order chi connectivity index (χ1) is 8.58. The molecule has 0 bridgehead atoms. The normalized spacial score (nSPS) is 10.1. The van der Waals surface area contributed by atoms with Crippen molar-refractivity contribution in [3.8, 4) is 11.5 Å². The van der Waals surface area contributed by atoms with Gasteiger partial charge in [-0.3, -0.25) is 4.79 Å². The minimum Gasteiger partial charge on any atom is -0.508 e. The largest absolute Gasteiger partial charge is 0.508 e. The van der Waals surface area contributed by atoms with Crippen molar-refractivity contribution in [1.29, 1.82) is 0 Å². The average Bonchev–Trinajstić information content (AvgIpc) is 2.32. The summed E-state index contributed by atoms with van der Waals surface area (Å²) < 4.78 is 0. The number of amides is 1. The van der Waals surface area contributed by atoms with Crippen molar-refractivity contribution in [1.82, 2.24) is 4.98 Å². The van der Waals surface area contributed by atoms with Crippen LogP contribution in [0.1, 0.15) is 10.4 Å². The van der Waals surface area contributed by atoms with Gasteiger partial charge in [0.1, 0.15) is 11.5 Å². The van der Waals surface area contributed by atoms with Crippen molar-refractivity contribution in [2.75, 3.05) is 5.32 Å². The standard InChI is InChI=1S/C12H9ClN2O3/c13-9-2-1-5-14-11(9)15-12(18)8-4-3-7(16)6-10(8)17/h1-6,16-17H,(H,14,15,18). The zero-order valence-corrected chi connectivity index (χ0v) is 9.85. The molecule has 2 aromatic rings. The topological polar surface area (TPSA) is 82.5 Å². The van der Waals surface area contributed by atoms with Crippen LogP contribution in [0.3, 0.4) is 0 Å². The second-order valence-corrected chi connectivity index (χ2v) is 3.90. The summed E-state index contributed by atoms with van der Waals surface area (Å²) in [6.07, 6.45) is 1.48. The van der Waals surface area contributed by atoms with Gasteiger partial charge in [-0.1, -0.05) is 11.6 Å². The van der Waals surface area contributed by atoms with Crippen LogP contribution in [0.5, 0.6) is 11.5 Å². The van der Waals surface area contributed by atoms with Crippen LogP contribution in [0.15, 0.2) is 36.5 Å². The summed E-state index contributed by atoms with van der Waals surface area (Å²) in [6.45, 7) is 0. The molecule has 18 heavy (non-hydrogen) atoms. The molecule has 0 spiro atoms. The van der Waals surface area contributed by atoms with Crippen LogP contribution in [0, 0.1) is 0 Å². The van der Waals surface area contributed by atoms with Crippen molar-refractivity contribution < 1.29 is 15.0 Å². The summed E-state index contributed by atoms with van der Waals surface area (Å²) in [7, 11) is 0. The van der Waals surface area contributed by atoms with E-state index in [0.29, 0.717) is 5.02 Å². The van der Waals surface area contributed by atoms with Crippen LogP contribution < -0.4 is 5.32 Å². The highest BCUT2D eigenvalue weighted by Crippen LogP contribution is 2.24. The van der Waals surface area contributed by atoms with Crippen LogP contribution in [0.2, 0.25) is 5.02 Å². The van der Waals surface area contributed by atoms with Gasteiger partial charge in [-0.05, 0) is 24.3 Å². The predicted octanol–water partition coefficient (Wildman–Crippen LogP) is 2.40. The number of carbonyl (C=O) groups is 1. The van der Waals surface area contributed by atoms with E-state index < -0.39 is 5.91 Å². The molecular weight excluding hydrogens is 256 g/mol. The van der Waals surface area contributed by atoms with Gasteiger partial charge in [-0.2, -0.15) is 0 Å².